The van der Waals surface area contributed by atoms with Crippen molar-refractivity contribution in [1.29, 1.82) is 0 Å². The van der Waals surface area contributed by atoms with Gasteiger partial charge >= 0.3 is 0 Å². The van der Waals surface area contributed by atoms with Gasteiger partial charge < -0.3 is 9.63 Å². The molecular formula is C9H13O3P. The van der Waals surface area contributed by atoms with Gasteiger partial charge in [-0.15, -0.1) is 0 Å². The van der Waals surface area contributed by atoms with E-state index in [1.807, 2.05) is 6.92 Å². The molecule has 1 N–H and O–H groups in total. The molecule has 0 aromatic heterocycles. The molecule has 0 bridgehead atoms. The fourth-order valence-corrected chi connectivity index (χ4v) is 1.99. The second-order valence-corrected chi connectivity index (χ2v) is 5.02. The Kier molecular flexibility index (Phi) is 3.12. The van der Waals surface area contributed by atoms with Crippen molar-refractivity contribution in [1.82, 2.24) is 0 Å². The molecule has 0 spiro atoms. The van der Waals surface area contributed by atoms with Crippen LogP contribution >= 0.6 is 7.37 Å². The Bertz CT molecular complexity index is 329. The summed E-state index contributed by atoms with van der Waals surface area (Å²) in [6.45, 7) is 3.65. The summed E-state index contributed by atoms with van der Waals surface area (Å²) in [5.74, 6) is 0.498. The lowest BCUT2D eigenvalue weighted by atomic mass is 10.3. The Hall–Kier alpha value is -0.790. The van der Waals surface area contributed by atoms with Crippen LogP contribution in [0.2, 0.25) is 0 Å². The molecule has 0 aliphatic heterocycles. The fraction of sp³-hybridized carbons (Fsp3) is 0.333. The van der Waals surface area contributed by atoms with Gasteiger partial charge in [0.05, 0.1) is 11.9 Å². The van der Waals surface area contributed by atoms with E-state index >= 15 is 0 Å². The lowest BCUT2D eigenvalue weighted by Crippen LogP contribution is -2.08. The van der Waals surface area contributed by atoms with Crippen LogP contribution in [0.3, 0.4) is 0 Å². The molecule has 0 saturated heterocycles. The largest absolute Gasteiger partial charge is 0.493 e. The minimum atomic E-state index is -3.21. The highest BCUT2D eigenvalue weighted by Crippen LogP contribution is 2.37. The Morgan fingerprint density at radius 2 is 2.08 bits per heavy atom. The van der Waals surface area contributed by atoms with Crippen LogP contribution in [-0.2, 0) is 4.57 Å². The van der Waals surface area contributed by atoms with Gasteiger partial charge in [0, 0.05) is 6.66 Å². The Balaban J connectivity index is 3.12. The van der Waals surface area contributed by atoms with E-state index < -0.39 is 7.37 Å². The third-order valence-corrected chi connectivity index (χ3v) is 2.88. The number of hydrogen-bond donors (Lipinski definition) is 1. The van der Waals surface area contributed by atoms with Crippen molar-refractivity contribution in [3.05, 3.63) is 24.3 Å². The molecule has 0 heterocycles. The molecule has 0 saturated carbocycles. The van der Waals surface area contributed by atoms with Crippen LogP contribution in [0, 0.1) is 0 Å². The molecule has 72 valence electrons. The van der Waals surface area contributed by atoms with Crippen molar-refractivity contribution in [3.63, 3.8) is 0 Å². The van der Waals surface area contributed by atoms with Crippen LogP contribution in [0.4, 0.5) is 0 Å². The maximum Gasteiger partial charge on any atom is 0.230 e. The van der Waals surface area contributed by atoms with E-state index in [1.54, 1.807) is 24.3 Å². The second-order valence-electron chi connectivity index (χ2n) is 2.78. The summed E-state index contributed by atoms with van der Waals surface area (Å²) < 4.78 is 16.6. The Morgan fingerprint density at radius 3 is 2.62 bits per heavy atom. The molecule has 0 aliphatic carbocycles. The molecule has 1 aromatic carbocycles. The van der Waals surface area contributed by atoms with Gasteiger partial charge in [-0.3, -0.25) is 4.57 Å². The molecule has 1 aromatic rings. The number of para-hydroxylation sites is 1. The summed E-state index contributed by atoms with van der Waals surface area (Å²) in [5, 5.41) is 0.386. The fourth-order valence-electron chi connectivity index (χ4n) is 1.08. The summed E-state index contributed by atoms with van der Waals surface area (Å²) >= 11 is 0. The van der Waals surface area contributed by atoms with Crippen LogP contribution in [0.25, 0.3) is 0 Å². The standard InChI is InChI=1S/C9H13O3P/c1-3-12-8-6-4-5-7-9(8)13(2,10)11/h4-7H,3H2,1-2H3,(H,10,11). The van der Waals surface area contributed by atoms with E-state index in [4.69, 9.17) is 4.74 Å². The van der Waals surface area contributed by atoms with Gasteiger partial charge in [-0.25, -0.2) is 0 Å². The lowest BCUT2D eigenvalue weighted by Gasteiger charge is -2.11. The number of ether oxygens (including phenoxy) is 1. The zero-order chi connectivity index (χ0) is 9.90. The number of hydrogen-bond acceptors (Lipinski definition) is 2. The molecule has 0 radical (unpaired) electrons. The first-order valence-electron chi connectivity index (χ1n) is 4.08. The predicted molar refractivity (Wildman–Crippen MR) is 53.0 cm³/mol. The summed E-state index contributed by atoms with van der Waals surface area (Å²) in [6.07, 6.45) is 0. The van der Waals surface area contributed by atoms with Crippen molar-refractivity contribution in [2.75, 3.05) is 13.3 Å². The molecule has 13 heavy (non-hydrogen) atoms. The second kappa shape index (κ2) is 3.95. The molecule has 0 fully saturated rings. The van der Waals surface area contributed by atoms with E-state index in [0.29, 0.717) is 17.7 Å². The Labute approximate surface area is 77.8 Å². The van der Waals surface area contributed by atoms with Crippen molar-refractivity contribution >= 4 is 12.7 Å². The quantitative estimate of drug-likeness (QED) is 0.754. The first kappa shape index (κ1) is 10.3. The van der Waals surface area contributed by atoms with Gasteiger partial charge in [-0.1, -0.05) is 12.1 Å². The number of benzene rings is 1. The molecule has 0 amide bonds. The molecule has 1 rings (SSSR count). The molecule has 3 nitrogen and oxygen atoms in total. The van der Waals surface area contributed by atoms with Gasteiger partial charge in [0.2, 0.25) is 7.37 Å². The van der Waals surface area contributed by atoms with Crippen molar-refractivity contribution in [3.8, 4) is 5.75 Å². The lowest BCUT2D eigenvalue weighted by molar-refractivity contribution is 0.342. The zero-order valence-corrected chi connectivity index (χ0v) is 8.62. The zero-order valence-electron chi connectivity index (χ0n) is 7.73. The van der Waals surface area contributed by atoms with Gasteiger partial charge in [0.25, 0.3) is 0 Å². The topological polar surface area (TPSA) is 46.5 Å². The summed E-state index contributed by atoms with van der Waals surface area (Å²) in [4.78, 5) is 9.37. The minimum Gasteiger partial charge on any atom is -0.493 e. The summed E-state index contributed by atoms with van der Waals surface area (Å²) in [6, 6.07) is 6.82. The van der Waals surface area contributed by atoms with E-state index in [9.17, 15) is 9.46 Å². The smallest absolute Gasteiger partial charge is 0.230 e. The first-order chi connectivity index (χ1) is 6.05. The monoisotopic (exact) mass is 200 g/mol. The van der Waals surface area contributed by atoms with Gasteiger partial charge in [0.1, 0.15) is 5.75 Å². The van der Waals surface area contributed by atoms with Crippen molar-refractivity contribution in [2.24, 2.45) is 0 Å². The van der Waals surface area contributed by atoms with Crippen LogP contribution in [0.15, 0.2) is 24.3 Å². The van der Waals surface area contributed by atoms with E-state index in [-0.39, 0.29) is 0 Å². The van der Waals surface area contributed by atoms with E-state index in [1.165, 1.54) is 6.66 Å². The third kappa shape index (κ3) is 2.58. The Morgan fingerprint density at radius 1 is 1.46 bits per heavy atom. The summed E-state index contributed by atoms with van der Waals surface area (Å²) in [7, 11) is -3.21. The van der Waals surface area contributed by atoms with Gasteiger partial charge in [-0.05, 0) is 19.1 Å². The molecule has 4 heteroatoms. The molecular weight excluding hydrogens is 187 g/mol. The third-order valence-electron chi connectivity index (χ3n) is 1.61. The van der Waals surface area contributed by atoms with Crippen LogP contribution in [-0.4, -0.2) is 18.2 Å². The first-order valence-corrected chi connectivity index (χ1v) is 6.19. The van der Waals surface area contributed by atoms with Crippen LogP contribution in [0.5, 0.6) is 5.75 Å². The molecule has 1 unspecified atom stereocenters. The van der Waals surface area contributed by atoms with Crippen molar-refractivity contribution < 1.29 is 14.2 Å². The molecule has 0 aliphatic rings. The van der Waals surface area contributed by atoms with E-state index in [0.717, 1.165) is 0 Å². The maximum atomic E-state index is 11.4. The van der Waals surface area contributed by atoms with Gasteiger partial charge in [-0.2, -0.15) is 0 Å². The highest BCUT2D eigenvalue weighted by molar-refractivity contribution is 7.65. The SMILES string of the molecule is CCOc1ccccc1P(C)(=O)O. The average Bonchev–Trinajstić information content (AvgIpc) is 2.04. The van der Waals surface area contributed by atoms with Gasteiger partial charge in [0.15, 0.2) is 0 Å². The summed E-state index contributed by atoms with van der Waals surface area (Å²) in [5.41, 5.74) is 0. The highest BCUT2D eigenvalue weighted by atomic mass is 31.2. The predicted octanol–water partition coefficient (Wildman–Crippen LogP) is 1.61. The molecule has 1 atom stereocenters. The average molecular weight is 200 g/mol. The van der Waals surface area contributed by atoms with E-state index in [2.05, 4.69) is 0 Å². The minimum absolute atomic E-state index is 0.386. The maximum absolute atomic E-state index is 11.4. The van der Waals surface area contributed by atoms with Crippen LogP contribution < -0.4 is 10.0 Å². The number of rotatable bonds is 3. The van der Waals surface area contributed by atoms with Crippen LogP contribution in [0.1, 0.15) is 6.92 Å². The highest BCUT2D eigenvalue weighted by Gasteiger charge is 2.18. The normalized spacial score (nSPS) is 15.0. The van der Waals surface area contributed by atoms with Crippen molar-refractivity contribution in [2.45, 2.75) is 6.92 Å².